The molecule has 1 amide bonds. The monoisotopic (exact) mass is 337 g/mol. The summed E-state index contributed by atoms with van der Waals surface area (Å²) in [5.41, 5.74) is 2.68. The molecule has 0 N–H and O–H groups in total. The summed E-state index contributed by atoms with van der Waals surface area (Å²) in [5, 5.41) is 0. The van der Waals surface area contributed by atoms with E-state index in [1.165, 1.54) is 0 Å². The van der Waals surface area contributed by atoms with Crippen LogP contribution in [0, 0.1) is 11.3 Å². The molecule has 1 saturated heterocycles. The van der Waals surface area contributed by atoms with Crippen molar-refractivity contribution in [3.8, 4) is 0 Å². The van der Waals surface area contributed by atoms with E-state index >= 15 is 0 Å². The maximum atomic E-state index is 12.9. The van der Waals surface area contributed by atoms with Gasteiger partial charge < -0.3 is 9.64 Å². The van der Waals surface area contributed by atoms with Gasteiger partial charge in [0.1, 0.15) is 6.29 Å². The topological polar surface area (TPSA) is 46.6 Å². The van der Waals surface area contributed by atoms with Crippen molar-refractivity contribution in [2.45, 2.75) is 19.3 Å². The van der Waals surface area contributed by atoms with Gasteiger partial charge in [0.25, 0.3) is 0 Å². The number of ether oxygens (including phenoxy) is 1. The Morgan fingerprint density at radius 3 is 2.88 bits per heavy atom. The smallest absolute Gasteiger partial charge is 0.249 e. The molecule has 1 heterocycles. The van der Waals surface area contributed by atoms with Crippen molar-refractivity contribution < 1.29 is 14.3 Å². The molecular formula is C21H23NO3. The molecule has 0 bridgehead atoms. The van der Waals surface area contributed by atoms with Crippen LogP contribution in [0.1, 0.15) is 19.3 Å². The van der Waals surface area contributed by atoms with Crippen LogP contribution in [0.5, 0.6) is 0 Å². The minimum Gasteiger partial charge on any atom is -0.378 e. The second-order valence-corrected chi connectivity index (χ2v) is 7.15. The van der Waals surface area contributed by atoms with E-state index in [0.29, 0.717) is 45.1 Å². The van der Waals surface area contributed by atoms with Gasteiger partial charge in [0, 0.05) is 24.1 Å². The molecule has 2 atom stereocenters. The van der Waals surface area contributed by atoms with Gasteiger partial charge >= 0.3 is 0 Å². The second-order valence-electron chi connectivity index (χ2n) is 7.15. The number of allylic oxidation sites excluding steroid dienone is 9. The minimum absolute atomic E-state index is 0.129. The Balaban J connectivity index is 1.66. The van der Waals surface area contributed by atoms with E-state index in [9.17, 15) is 9.59 Å². The highest BCUT2D eigenvalue weighted by atomic mass is 16.5. The molecular weight excluding hydrogens is 314 g/mol. The molecule has 2 unspecified atom stereocenters. The summed E-state index contributed by atoms with van der Waals surface area (Å²) >= 11 is 0. The SMILES string of the molecule is O=CC1=CC(C23C=C(C(=O)N4CCOCC4)CC=CC2C3)=CC=CC1. The largest absolute Gasteiger partial charge is 0.378 e. The number of amides is 1. The second kappa shape index (κ2) is 6.60. The lowest BCUT2D eigenvalue weighted by atomic mass is 9.89. The van der Waals surface area contributed by atoms with Gasteiger partial charge in [-0.3, -0.25) is 9.59 Å². The average Bonchev–Trinajstić information content (AvgIpc) is 3.40. The van der Waals surface area contributed by atoms with Crippen LogP contribution in [0.25, 0.3) is 0 Å². The van der Waals surface area contributed by atoms with Gasteiger partial charge in [0.05, 0.1) is 13.2 Å². The van der Waals surface area contributed by atoms with E-state index in [0.717, 1.165) is 29.4 Å². The zero-order valence-electron chi connectivity index (χ0n) is 14.3. The predicted molar refractivity (Wildman–Crippen MR) is 95.8 cm³/mol. The fourth-order valence-corrected chi connectivity index (χ4v) is 4.03. The lowest BCUT2D eigenvalue weighted by Crippen LogP contribution is -2.41. The summed E-state index contributed by atoms with van der Waals surface area (Å²) in [5.74, 6) is 0.550. The van der Waals surface area contributed by atoms with Crippen LogP contribution in [0.3, 0.4) is 0 Å². The van der Waals surface area contributed by atoms with Crippen LogP contribution < -0.4 is 0 Å². The van der Waals surface area contributed by atoms with E-state index in [1.54, 1.807) is 0 Å². The molecule has 4 nitrogen and oxygen atoms in total. The number of hydrogen-bond donors (Lipinski definition) is 0. The van der Waals surface area contributed by atoms with Gasteiger partial charge in [0.2, 0.25) is 5.91 Å². The van der Waals surface area contributed by atoms with E-state index < -0.39 is 0 Å². The first kappa shape index (κ1) is 16.3. The summed E-state index contributed by atoms with van der Waals surface area (Å²) in [7, 11) is 0. The quantitative estimate of drug-likeness (QED) is 0.588. The first-order valence-electron chi connectivity index (χ1n) is 9.01. The number of aldehydes is 1. The highest BCUT2D eigenvalue weighted by Crippen LogP contribution is 2.62. The zero-order valence-corrected chi connectivity index (χ0v) is 14.3. The van der Waals surface area contributed by atoms with E-state index in [4.69, 9.17) is 4.74 Å². The van der Waals surface area contributed by atoms with Crippen molar-refractivity contribution in [1.29, 1.82) is 0 Å². The molecule has 4 rings (SSSR count). The summed E-state index contributed by atoms with van der Waals surface area (Å²) in [6, 6.07) is 0. The Morgan fingerprint density at radius 1 is 1.24 bits per heavy atom. The zero-order chi connectivity index (χ0) is 17.3. The Morgan fingerprint density at radius 2 is 2.08 bits per heavy atom. The Hall–Kier alpha value is -2.20. The molecule has 0 aromatic carbocycles. The molecule has 25 heavy (non-hydrogen) atoms. The van der Waals surface area contributed by atoms with Gasteiger partial charge in [0.15, 0.2) is 0 Å². The third-order valence-electron chi connectivity index (χ3n) is 5.57. The fourth-order valence-electron chi connectivity index (χ4n) is 4.03. The highest BCUT2D eigenvalue weighted by molar-refractivity contribution is 5.94. The van der Waals surface area contributed by atoms with Gasteiger partial charge in [-0.25, -0.2) is 0 Å². The molecule has 130 valence electrons. The minimum atomic E-state index is -0.132. The van der Waals surface area contributed by atoms with Crippen LogP contribution in [0.4, 0.5) is 0 Å². The third-order valence-corrected chi connectivity index (χ3v) is 5.57. The van der Waals surface area contributed by atoms with Crippen molar-refractivity contribution >= 4 is 12.2 Å². The standard InChI is InChI=1S/C21H23NO3/c23-15-16-4-1-2-6-18(12-16)21-13-17(5-3-7-19(21)14-21)20(24)22-8-10-25-11-9-22/h1-3,6-7,12-13,15,19H,4-5,8-11,14H2. The third kappa shape index (κ3) is 3.07. The number of nitrogens with zero attached hydrogens (tertiary/aromatic N) is 1. The van der Waals surface area contributed by atoms with Crippen LogP contribution >= 0.6 is 0 Å². The normalized spacial score (nSPS) is 31.1. The first-order valence-corrected chi connectivity index (χ1v) is 9.01. The average molecular weight is 337 g/mol. The van der Waals surface area contributed by atoms with E-state index in [1.807, 2.05) is 23.1 Å². The summed E-state index contributed by atoms with van der Waals surface area (Å²) in [4.78, 5) is 26.1. The van der Waals surface area contributed by atoms with E-state index in [-0.39, 0.29) is 11.3 Å². The molecule has 0 aromatic heterocycles. The maximum Gasteiger partial charge on any atom is 0.249 e. The number of carbonyl (C=O) groups is 2. The maximum absolute atomic E-state index is 12.9. The molecule has 4 heteroatoms. The Kier molecular flexibility index (Phi) is 4.30. The molecule has 1 saturated carbocycles. The van der Waals surface area contributed by atoms with Gasteiger partial charge in [-0.2, -0.15) is 0 Å². The molecule has 3 aliphatic carbocycles. The van der Waals surface area contributed by atoms with Crippen molar-refractivity contribution in [2.24, 2.45) is 11.3 Å². The number of fused-ring (bicyclic) bond motifs is 1. The number of hydrogen-bond acceptors (Lipinski definition) is 3. The highest BCUT2D eigenvalue weighted by Gasteiger charge is 2.54. The van der Waals surface area contributed by atoms with Gasteiger partial charge in [-0.1, -0.05) is 42.5 Å². The van der Waals surface area contributed by atoms with Crippen molar-refractivity contribution in [1.82, 2.24) is 4.90 Å². The Labute approximate surface area is 148 Å². The number of rotatable bonds is 3. The lowest BCUT2D eigenvalue weighted by Gasteiger charge is -2.28. The number of morpholine rings is 1. The summed E-state index contributed by atoms with van der Waals surface area (Å²) in [6.07, 6.45) is 18.0. The Bertz CT molecular complexity index is 734. The van der Waals surface area contributed by atoms with Gasteiger partial charge in [-0.15, -0.1) is 0 Å². The van der Waals surface area contributed by atoms with Crippen LogP contribution in [-0.2, 0) is 14.3 Å². The first-order chi connectivity index (χ1) is 12.2. The summed E-state index contributed by atoms with van der Waals surface area (Å²) in [6.45, 7) is 2.56. The molecule has 1 aliphatic heterocycles. The van der Waals surface area contributed by atoms with Crippen molar-refractivity contribution in [2.75, 3.05) is 26.3 Å². The van der Waals surface area contributed by atoms with Crippen molar-refractivity contribution in [3.05, 3.63) is 59.3 Å². The van der Waals surface area contributed by atoms with Crippen LogP contribution in [0.2, 0.25) is 0 Å². The van der Waals surface area contributed by atoms with Crippen molar-refractivity contribution in [3.63, 3.8) is 0 Å². The van der Waals surface area contributed by atoms with Crippen LogP contribution in [-0.4, -0.2) is 43.4 Å². The summed E-state index contributed by atoms with van der Waals surface area (Å²) < 4.78 is 5.36. The fraction of sp³-hybridized carbons (Fsp3) is 0.429. The molecule has 4 aliphatic rings. The molecule has 2 fully saturated rings. The lowest BCUT2D eigenvalue weighted by molar-refractivity contribution is -0.131. The van der Waals surface area contributed by atoms with E-state index in [2.05, 4.69) is 24.3 Å². The number of carbonyl (C=O) groups excluding carboxylic acids is 2. The molecule has 0 radical (unpaired) electrons. The predicted octanol–water partition coefficient (Wildman–Crippen LogP) is 2.75. The molecule has 0 aromatic rings. The van der Waals surface area contributed by atoms with Gasteiger partial charge in [-0.05, 0) is 36.3 Å². The molecule has 0 spiro atoms. The van der Waals surface area contributed by atoms with Crippen LogP contribution in [0.15, 0.2) is 59.3 Å².